The second-order valence-electron chi connectivity index (χ2n) is 5.89. The van der Waals surface area contributed by atoms with E-state index in [-0.39, 0.29) is 0 Å². The number of fused-ring (bicyclic) bond motifs is 1. The third kappa shape index (κ3) is 5.57. The van der Waals surface area contributed by atoms with Gasteiger partial charge in [-0.2, -0.15) is 0 Å². The first-order valence-electron chi connectivity index (χ1n) is 8.45. The summed E-state index contributed by atoms with van der Waals surface area (Å²) < 4.78 is 0. The van der Waals surface area contributed by atoms with Gasteiger partial charge in [-0.1, -0.05) is 41.9 Å². The summed E-state index contributed by atoms with van der Waals surface area (Å²) in [6.07, 6.45) is 3.18. The molecule has 0 spiro atoms. The predicted octanol–water partition coefficient (Wildman–Crippen LogP) is 3.93. The Hall–Kier alpha value is -2.83. The number of carboxylic acids is 2. The van der Waals surface area contributed by atoms with Crippen LogP contribution < -0.4 is 5.73 Å². The molecule has 5 N–H and O–H groups in total. The summed E-state index contributed by atoms with van der Waals surface area (Å²) in [6.45, 7) is 0.745. The van der Waals surface area contributed by atoms with Crippen molar-refractivity contribution in [2.24, 2.45) is 5.73 Å². The number of rotatable bonds is 5. The lowest BCUT2D eigenvalue weighted by atomic mass is 10.0. The molecule has 0 radical (unpaired) electrons. The zero-order chi connectivity index (χ0) is 19.8. The second-order valence-corrected chi connectivity index (χ2v) is 6.33. The number of hydrogen-bond acceptors (Lipinski definition) is 3. The summed E-state index contributed by atoms with van der Waals surface area (Å²) in [4.78, 5) is 21.7. The summed E-state index contributed by atoms with van der Waals surface area (Å²) in [5, 5.41) is 16.8. The third-order valence-corrected chi connectivity index (χ3v) is 4.23. The van der Waals surface area contributed by atoms with E-state index in [2.05, 4.69) is 35.3 Å². The molecule has 0 aliphatic rings. The molecule has 142 valence electrons. The van der Waals surface area contributed by atoms with Gasteiger partial charge in [0.2, 0.25) is 0 Å². The standard InChI is InChI=1S/C18H19ClN2.C2H2O4/c19-14-7-5-6-13(12-14)18-16(9-3-4-11-20)15-8-1-2-10-17(15)21-18;3-1(4)2(5)6/h1-2,5-8,10,12,21H,3-4,9,11,20H2;(H,3,4)(H,5,6). The molecular formula is C20H21ClN2O4. The number of aromatic amines is 1. The fourth-order valence-corrected chi connectivity index (χ4v) is 2.99. The smallest absolute Gasteiger partial charge is 0.414 e. The van der Waals surface area contributed by atoms with E-state index in [1.807, 2.05) is 18.2 Å². The number of carboxylic acid groups (broad SMARTS) is 2. The van der Waals surface area contributed by atoms with Crippen molar-refractivity contribution in [3.8, 4) is 11.3 Å². The van der Waals surface area contributed by atoms with Crippen molar-refractivity contribution in [1.82, 2.24) is 4.98 Å². The fourth-order valence-electron chi connectivity index (χ4n) is 2.80. The zero-order valence-corrected chi connectivity index (χ0v) is 15.4. The monoisotopic (exact) mass is 388 g/mol. The van der Waals surface area contributed by atoms with Gasteiger partial charge in [-0.3, -0.25) is 0 Å². The van der Waals surface area contributed by atoms with E-state index >= 15 is 0 Å². The number of carbonyl (C=O) groups is 2. The second kappa shape index (κ2) is 9.75. The maximum absolute atomic E-state index is 9.10. The lowest BCUT2D eigenvalue weighted by Gasteiger charge is -2.05. The summed E-state index contributed by atoms with van der Waals surface area (Å²) in [5.41, 5.74) is 10.5. The molecule has 0 atom stereocenters. The molecule has 0 saturated carbocycles. The van der Waals surface area contributed by atoms with Crippen molar-refractivity contribution in [2.45, 2.75) is 19.3 Å². The molecule has 1 aromatic heterocycles. The minimum atomic E-state index is -1.82. The molecule has 0 saturated heterocycles. The number of hydrogen-bond donors (Lipinski definition) is 4. The van der Waals surface area contributed by atoms with Crippen LogP contribution in [0.4, 0.5) is 0 Å². The average molecular weight is 389 g/mol. The van der Waals surface area contributed by atoms with Gasteiger partial charge in [0.15, 0.2) is 0 Å². The highest BCUT2D eigenvalue weighted by Crippen LogP contribution is 2.32. The summed E-state index contributed by atoms with van der Waals surface area (Å²) in [7, 11) is 0. The van der Waals surface area contributed by atoms with Crippen molar-refractivity contribution in [1.29, 1.82) is 0 Å². The number of para-hydroxylation sites is 1. The molecule has 0 aliphatic heterocycles. The van der Waals surface area contributed by atoms with Gasteiger partial charge < -0.3 is 20.9 Å². The van der Waals surface area contributed by atoms with Crippen LogP contribution in [0.5, 0.6) is 0 Å². The van der Waals surface area contributed by atoms with E-state index in [4.69, 9.17) is 37.1 Å². The summed E-state index contributed by atoms with van der Waals surface area (Å²) in [5.74, 6) is -3.65. The van der Waals surface area contributed by atoms with E-state index in [9.17, 15) is 0 Å². The van der Waals surface area contributed by atoms with Crippen LogP contribution in [0.2, 0.25) is 5.02 Å². The molecule has 0 fully saturated rings. The minimum Gasteiger partial charge on any atom is -0.473 e. The Morgan fingerprint density at radius 1 is 1.00 bits per heavy atom. The molecule has 7 heteroatoms. The summed E-state index contributed by atoms with van der Waals surface area (Å²) >= 11 is 6.14. The Balaban J connectivity index is 0.000000380. The van der Waals surface area contributed by atoms with Crippen LogP contribution in [0.1, 0.15) is 18.4 Å². The molecule has 1 heterocycles. The molecule has 0 bridgehead atoms. The number of unbranched alkanes of at least 4 members (excludes halogenated alkanes) is 1. The zero-order valence-electron chi connectivity index (χ0n) is 14.6. The lowest BCUT2D eigenvalue weighted by molar-refractivity contribution is -0.159. The van der Waals surface area contributed by atoms with Gasteiger partial charge in [0.05, 0.1) is 0 Å². The highest BCUT2D eigenvalue weighted by atomic mass is 35.5. The van der Waals surface area contributed by atoms with Crippen molar-refractivity contribution >= 4 is 34.4 Å². The van der Waals surface area contributed by atoms with E-state index < -0.39 is 11.9 Å². The highest BCUT2D eigenvalue weighted by Gasteiger charge is 2.12. The Labute approximate surface area is 161 Å². The SMILES string of the molecule is NCCCCc1c(-c2cccc(Cl)c2)[nH]c2ccccc12.O=C(O)C(=O)O. The lowest BCUT2D eigenvalue weighted by Crippen LogP contribution is -2.09. The molecule has 0 amide bonds. The van der Waals surface area contributed by atoms with Gasteiger partial charge in [-0.05, 0) is 55.1 Å². The first kappa shape index (κ1) is 20.5. The van der Waals surface area contributed by atoms with Crippen LogP contribution in [0.25, 0.3) is 22.2 Å². The number of aromatic nitrogens is 1. The minimum absolute atomic E-state index is 0.745. The quantitative estimate of drug-likeness (QED) is 0.390. The van der Waals surface area contributed by atoms with Crippen LogP contribution in [0, 0.1) is 0 Å². The number of aryl methyl sites for hydroxylation is 1. The largest absolute Gasteiger partial charge is 0.473 e. The predicted molar refractivity (Wildman–Crippen MR) is 106 cm³/mol. The van der Waals surface area contributed by atoms with E-state index in [1.165, 1.54) is 22.2 Å². The molecular weight excluding hydrogens is 368 g/mol. The van der Waals surface area contributed by atoms with Crippen molar-refractivity contribution < 1.29 is 19.8 Å². The Bertz CT molecular complexity index is 925. The Morgan fingerprint density at radius 3 is 2.33 bits per heavy atom. The van der Waals surface area contributed by atoms with Crippen molar-refractivity contribution in [2.75, 3.05) is 6.54 Å². The molecule has 0 aliphatic carbocycles. The van der Waals surface area contributed by atoms with Gasteiger partial charge in [-0.25, -0.2) is 9.59 Å². The van der Waals surface area contributed by atoms with Crippen molar-refractivity contribution in [3.05, 3.63) is 59.1 Å². The Kier molecular flexibility index (Phi) is 7.40. The van der Waals surface area contributed by atoms with Crippen LogP contribution >= 0.6 is 11.6 Å². The number of nitrogens with one attached hydrogen (secondary N) is 1. The molecule has 3 rings (SSSR count). The van der Waals surface area contributed by atoms with Gasteiger partial charge in [0.25, 0.3) is 0 Å². The van der Waals surface area contributed by atoms with Crippen LogP contribution in [0.3, 0.4) is 0 Å². The number of benzene rings is 2. The van der Waals surface area contributed by atoms with Crippen LogP contribution in [-0.4, -0.2) is 33.7 Å². The van der Waals surface area contributed by atoms with Crippen LogP contribution in [-0.2, 0) is 16.0 Å². The summed E-state index contributed by atoms with van der Waals surface area (Å²) in [6, 6.07) is 16.5. The Morgan fingerprint density at radius 2 is 1.70 bits per heavy atom. The van der Waals surface area contributed by atoms with Gasteiger partial charge in [0, 0.05) is 21.6 Å². The van der Waals surface area contributed by atoms with E-state index in [0.29, 0.717) is 0 Å². The highest BCUT2D eigenvalue weighted by molar-refractivity contribution is 6.30. The topological polar surface area (TPSA) is 116 Å². The van der Waals surface area contributed by atoms with E-state index in [0.717, 1.165) is 36.4 Å². The number of nitrogens with two attached hydrogens (primary N) is 1. The van der Waals surface area contributed by atoms with E-state index in [1.54, 1.807) is 0 Å². The number of H-pyrrole nitrogens is 1. The van der Waals surface area contributed by atoms with Gasteiger partial charge >= 0.3 is 11.9 Å². The molecule has 2 aromatic carbocycles. The maximum atomic E-state index is 9.10. The van der Waals surface area contributed by atoms with Gasteiger partial charge in [0.1, 0.15) is 0 Å². The fraction of sp³-hybridized carbons (Fsp3) is 0.200. The van der Waals surface area contributed by atoms with Gasteiger partial charge in [-0.15, -0.1) is 0 Å². The maximum Gasteiger partial charge on any atom is 0.414 e. The number of aliphatic carboxylic acids is 2. The number of halogens is 1. The average Bonchev–Trinajstić information content (AvgIpc) is 3.01. The first-order valence-corrected chi connectivity index (χ1v) is 8.83. The van der Waals surface area contributed by atoms with Crippen molar-refractivity contribution in [3.63, 3.8) is 0 Å². The molecule has 27 heavy (non-hydrogen) atoms. The molecule has 3 aromatic rings. The molecule has 0 unspecified atom stereocenters. The first-order chi connectivity index (χ1) is 12.9. The molecule has 6 nitrogen and oxygen atoms in total. The normalized spacial score (nSPS) is 10.3. The third-order valence-electron chi connectivity index (χ3n) is 3.99. The van der Waals surface area contributed by atoms with Crippen LogP contribution in [0.15, 0.2) is 48.5 Å².